The second-order valence-electron chi connectivity index (χ2n) is 16.1. The van der Waals surface area contributed by atoms with E-state index in [2.05, 4.69) is 0 Å². The van der Waals surface area contributed by atoms with E-state index in [1.807, 2.05) is 60.7 Å². The van der Waals surface area contributed by atoms with Gasteiger partial charge in [-0.3, -0.25) is 0 Å². The van der Waals surface area contributed by atoms with Crippen molar-refractivity contribution in [2.75, 3.05) is 0 Å². The number of nitrogens with zero attached hydrogens (tertiary/aromatic N) is 5. The average Bonchev–Trinajstić information content (AvgIpc) is 3.85. The van der Waals surface area contributed by atoms with E-state index in [1.54, 1.807) is 65.2 Å². The van der Waals surface area contributed by atoms with Gasteiger partial charge in [-0.05, 0) is 78.9 Å². The lowest BCUT2D eigenvalue weighted by atomic mass is 9.93. The molecule has 0 N–H and O–H groups in total. The lowest BCUT2D eigenvalue weighted by molar-refractivity contribution is -0.138. The number of hydrogen-bond donors (Lipinski definition) is 0. The fraction of sp³-hybridized carbons (Fsp3) is 0.0556. The van der Waals surface area contributed by atoms with Crippen LogP contribution in [-0.4, -0.2) is 24.1 Å². The van der Waals surface area contributed by atoms with Gasteiger partial charge < -0.3 is 9.13 Å². The fourth-order valence-electron chi connectivity index (χ4n) is 9.07. The van der Waals surface area contributed by atoms with Gasteiger partial charge in [0.05, 0.1) is 50.1 Å². The molecule has 0 atom stereocenters. The Hall–Kier alpha value is -8.26. The van der Waals surface area contributed by atoms with E-state index in [-0.39, 0.29) is 67.3 Å². The first-order valence-electron chi connectivity index (χ1n) is 21.1. The van der Waals surface area contributed by atoms with Crippen LogP contribution in [0.4, 0.5) is 39.5 Å². The zero-order valence-electron chi connectivity index (χ0n) is 35.0. The standard InChI is InChI=1S/C54H30F9N5/c55-52(56,57)34-23-26-44-38(29-34)36-16-7-9-19-42(36)67(44)46-25-22-33(51-65-49(31-12-3-1-4-13-31)64-50(66-51)32-14-5-2-6-15-32)28-40(46)48-41(54(61,62)63)18-11-21-47(48)68-43-20-10-8-17-37(43)39-30-35(53(58,59)60)24-27-45(39)68/h1-30H. The van der Waals surface area contributed by atoms with Gasteiger partial charge in [-0.25, -0.2) is 15.0 Å². The monoisotopic (exact) mass is 919 g/mol. The molecule has 0 aliphatic carbocycles. The number of rotatable bonds is 6. The molecule has 0 amide bonds. The highest BCUT2D eigenvalue weighted by atomic mass is 19.4. The quantitative estimate of drug-likeness (QED) is 0.156. The summed E-state index contributed by atoms with van der Waals surface area (Å²) in [5, 5.41) is 1.13. The maximum absolute atomic E-state index is 15.9. The van der Waals surface area contributed by atoms with Crippen LogP contribution < -0.4 is 0 Å². The molecule has 3 heterocycles. The number of benzene rings is 8. The summed E-state index contributed by atoms with van der Waals surface area (Å²) in [6, 6.07) is 46.0. The van der Waals surface area contributed by atoms with Crippen molar-refractivity contribution in [3.8, 4) is 56.7 Å². The smallest absolute Gasteiger partial charge is 0.309 e. The molecule has 0 unspecified atom stereocenters. The molecule has 11 aromatic rings. The maximum Gasteiger partial charge on any atom is 0.417 e. The first kappa shape index (κ1) is 42.4. The minimum Gasteiger partial charge on any atom is -0.309 e. The van der Waals surface area contributed by atoms with Gasteiger partial charge in [0.2, 0.25) is 0 Å². The van der Waals surface area contributed by atoms with Crippen LogP contribution in [-0.2, 0) is 18.5 Å². The molecule has 3 aromatic heterocycles. The molecule has 334 valence electrons. The zero-order chi connectivity index (χ0) is 47.1. The summed E-state index contributed by atoms with van der Waals surface area (Å²) in [5.41, 5.74) is -0.472. The lowest BCUT2D eigenvalue weighted by Gasteiger charge is -2.23. The minimum atomic E-state index is -5.02. The molecule has 0 bridgehead atoms. The van der Waals surface area contributed by atoms with Crippen molar-refractivity contribution in [2.24, 2.45) is 0 Å². The van der Waals surface area contributed by atoms with Gasteiger partial charge in [-0.15, -0.1) is 0 Å². The summed E-state index contributed by atoms with van der Waals surface area (Å²) in [5.74, 6) is 0.663. The van der Waals surface area contributed by atoms with Gasteiger partial charge in [0.25, 0.3) is 0 Å². The molecule has 0 fully saturated rings. The normalized spacial score (nSPS) is 12.5. The molecule has 14 heteroatoms. The minimum absolute atomic E-state index is 0.0325. The molecule has 5 nitrogen and oxygen atoms in total. The topological polar surface area (TPSA) is 48.5 Å². The molecular weight excluding hydrogens is 890 g/mol. The van der Waals surface area contributed by atoms with Crippen LogP contribution in [0.3, 0.4) is 0 Å². The van der Waals surface area contributed by atoms with Gasteiger partial charge in [0, 0.05) is 49.4 Å². The highest BCUT2D eigenvalue weighted by molar-refractivity contribution is 6.12. The zero-order valence-corrected chi connectivity index (χ0v) is 35.0. The Morgan fingerprint density at radius 1 is 0.324 bits per heavy atom. The molecule has 8 aromatic carbocycles. The molecule has 0 aliphatic rings. The van der Waals surface area contributed by atoms with E-state index in [0.29, 0.717) is 32.9 Å². The van der Waals surface area contributed by atoms with Crippen LogP contribution in [0.2, 0.25) is 0 Å². The average molecular weight is 920 g/mol. The molecule has 0 saturated heterocycles. The lowest BCUT2D eigenvalue weighted by Crippen LogP contribution is -2.12. The van der Waals surface area contributed by atoms with Gasteiger partial charge in [-0.2, -0.15) is 39.5 Å². The Balaban J connectivity index is 1.28. The molecule has 0 aliphatic heterocycles. The predicted octanol–water partition coefficient (Wildman–Crippen LogP) is 15.8. The highest BCUT2D eigenvalue weighted by Gasteiger charge is 2.38. The van der Waals surface area contributed by atoms with Crippen molar-refractivity contribution in [2.45, 2.75) is 18.5 Å². The van der Waals surface area contributed by atoms with E-state index in [4.69, 9.17) is 15.0 Å². The van der Waals surface area contributed by atoms with E-state index in [0.717, 1.165) is 30.3 Å². The van der Waals surface area contributed by atoms with Gasteiger partial charge in [0.15, 0.2) is 17.5 Å². The Labute approximate surface area is 380 Å². The summed E-state index contributed by atoms with van der Waals surface area (Å²) < 4.78 is 136. The van der Waals surface area contributed by atoms with Gasteiger partial charge in [-0.1, -0.05) is 103 Å². The summed E-state index contributed by atoms with van der Waals surface area (Å²) in [4.78, 5) is 14.5. The predicted molar refractivity (Wildman–Crippen MR) is 245 cm³/mol. The molecule has 68 heavy (non-hydrogen) atoms. The number of alkyl halides is 9. The van der Waals surface area contributed by atoms with Crippen molar-refractivity contribution in [3.05, 3.63) is 199 Å². The van der Waals surface area contributed by atoms with Gasteiger partial charge in [0.1, 0.15) is 0 Å². The van der Waals surface area contributed by atoms with Crippen molar-refractivity contribution in [1.29, 1.82) is 0 Å². The molecule has 0 saturated carbocycles. The third-order valence-corrected chi connectivity index (χ3v) is 12.1. The largest absolute Gasteiger partial charge is 0.417 e. The second-order valence-corrected chi connectivity index (χ2v) is 16.1. The summed E-state index contributed by atoms with van der Waals surface area (Å²) in [7, 11) is 0. The molecule has 0 radical (unpaired) electrons. The van der Waals surface area contributed by atoms with E-state index in [9.17, 15) is 26.3 Å². The number of aromatic nitrogens is 5. The third kappa shape index (κ3) is 7.19. The van der Waals surface area contributed by atoms with Crippen molar-refractivity contribution >= 4 is 43.6 Å². The van der Waals surface area contributed by atoms with E-state index in [1.165, 1.54) is 34.9 Å². The van der Waals surface area contributed by atoms with Crippen LogP contribution in [0, 0.1) is 0 Å². The first-order valence-corrected chi connectivity index (χ1v) is 21.1. The fourth-order valence-corrected chi connectivity index (χ4v) is 9.07. The van der Waals surface area contributed by atoms with Crippen molar-refractivity contribution in [3.63, 3.8) is 0 Å². The van der Waals surface area contributed by atoms with Crippen molar-refractivity contribution < 1.29 is 39.5 Å². The highest BCUT2D eigenvalue weighted by Crippen LogP contribution is 2.48. The third-order valence-electron chi connectivity index (χ3n) is 12.1. The van der Waals surface area contributed by atoms with Crippen LogP contribution in [0.15, 0.2) is 182 Å². The number of hydrogen-bond acceptors (Lipinski definition) is 3. The number of halogens is 9. The molecule has 11 rings (SSSR count). The summed E-state index contributed by atoms with van der Waals surface area (Å²) in [6.07, 6.45) is -14.4. The Bertz CT molecular complexity index is 3700. The maximum atomic E-state index is 15.9. The Morgan fingerprint density at radius 3 is 1.25 bits per heavy atom. The van der Waals surface area contributed by atoms with E-state index < -0.39 is 35.2 Å². The number of fused-ring (bicyclic) bond motifs is 6. The Morgan fingerprint density at radius 2 is 0.765 bits per heavy atom. The molecule has 0 spiro atoms. The summed E-state index contributed by atoms with van der Waals surface area (Å²) >= 11 is 0. The SMILES string of the molecule is FC(F)(F)c1ccc2c(c1)c1ccccc1n2-c1ccc(-c2nc(-c3ccccc3)nc(-c3ccccc3)n2)cc1-c1c(-n2c3ccccc3c3cc(C(F)(F)F)ccc32)cccc1C(F)(F)F. The van der Waals surface area contributed by atoms with Crippen LogP contribution in [0.1, 0.15) is 16.7 Å². The van der Waals surface area contributed by atoms with Crippen LogP contribution in [0.5, 0.6) is 0 Å². The van der Waals surface area contributed by atoms with Crippen molar-refractivity contribution in [1.82, 2.24) is 24.1 Å². The van der Waals surface area contributed by atoms with Crippen LogP contribution in [0.25, 0.3) is 100 Å². The summed E-state index contributed by atoms with van der Waals surface area (Å²) in [6.45, 7) is 0. The second kappa shape index (κ2) is 15.7. The van der Waals surface area contributed by atoms with Crippen LogP contribution >= 0.6 is 0 Å². The Kier molecular flexibility index (Phi) is 9.78. The first-order chi connectivity index (χ1) is 32.6. The number of para-hydroxylation sites is 2. The molecular formula is C54H30F9N5. The van der Waals surface area contributed by atoms with E-state index >= 15 is 13.2 Å². The van der Waals surface area contributed by atoms with Gasteiger partial charge >= 0.3 is 18.5 Å².